The highest BCUT2D eigenvalue weighted by Crippen LogP contribution is 2.29. The molecular weight excluding hydrogens is 456 g/mol. The van der Waals surface area contributed by atoms with Crippen molar-refractivity contribution >= 4 is 35.6 Å². The number of aromatic nitrogens is 1. The Morgan fingerprint density at radius 2 is 1.71 bits per heavy atom. The van der Waals surface area contributed by atoms with Crippen molar-refractivity contribution < 1.29 is 19.1 Å². The molecule has 8 nitrogen and oxygen atoms in total. The second kappa shape index (κ2) is 11.3. The van der Waals surface area contributed by atoms with Gasteiger partial charge in [-0.2, -0.15) is 5.10 Å². The fraction of sp³-hybridized carbons (Fsp3) is 0.200. The van der Waals surface area contributed by atoms with E-state index in [1.165, 1.54) is 5.01 Å². The summed E-state index contributed by atoms with van der Waals surface area (Å²) in [5, 5.41) is 8.89. The highest BCUT2D eigenvalue weighted by Gasteiger charge is 2.22. The first-order valence-electron chi connectivity index (χ1n) is 10.5. The number of hydrogen-bond acceptors (Lipinski definition) is 6. The zero-order valence-corrected chi connectivity index (χ0v) is 19.7. The van der Waals surface area contributed by atoms with Gasteiger partial charge in [-0.1, -0.05) is 6.07 Å². The van der Waals surface area contributed by atoms with E-state index in [2.05, 4.69) is 15.4 Å². The van der Waals surface area contributed by atoms with Gasteiger partial charge in [-0.3, -0.25) is 14.6 Å². The number of rotatable bonds is 6. The molecule has 1 aliphatic heterocycles. The first kappa shape index (κ1) is 24.7. The van der Waals surface area contributed by atoms with E-state index < -0.39 is 0 Å². The van der Waals surface area contributed by atoms with Gasteiger partial charge in [0.2, 0.25) is 0 Å². The monoisotopic (exact) mass is 480 g/mol. The van der Waals surface area contributed by atoms with Crippen LogP contribution in [0.25, 0.3) is 0 Å². The number of pyridine rings is 1. The maximum Gasteiger partial charge on any atom is 0.274 e. The number of methoxy groups -OCH3 is 2. The van der Waals surface area contributed by atoms with E-state index in [0.717, 1.165) is 24.1 Å². The molecule has 9 heteroatoms. The summed E-state index contributed by atoms with van der Waals surface area (Å²) in [5.41, 5.74) is 3.15. The number of carbonyl (C=O) groups excluding carboxylic acids is 2. The average molecular weight is 481 g/mol. The van der Waals surface area contributed by atoms with Crippen LogP contribution in [-0.4, -0.2) is 48.3 Å². The second-order valence-corrected chi connectivity index (χ2v) is 7.42. The highest BCUT2D eigenvalue weighted by atomic mass is 35.5. The summed E-state index contributed by atoms with van der Waals surface area (Å²) in [7, 11) is 3.17. The number of ether oxygens (including phenoxy) is 2. The van der Waals surface area contributed by atoms with E-state index >= 15 is 0 Å². The molecule has 0 fully saturated rings. The van der Waals surface area contributed by atoms with Crippen LogP contribution in [0.2, 0.25) is 0 Å². The molecule has 0 spiro atoms. The van der Waals surface area contributed by atoms with Crippen LogP contribution >= 0.6 is 12.4 Å². The zero-order chi connectivity index (χ0) is 23.2. The fourth-order valence-corrected chi connectivity index (χ4v) is 3.59. The van der Waals surface area contributed by atoms with Crippen LogP contribution in [0.15, 0.2) is 72.1 Å². The molecule has 0 atom stereocenters. The number of halogens is 1. The van der Waals surface area contributed by atoms with Crippen LogP contribution in [-0.2, 0) is 0 Å². The van der Waals surface area contributed by atoms with Gasteiger partial charge in [0.25, 0.3) is 11.8 Å². The van der Waals surface area contributed by atoms with E-state index in [-0.39, 0.29) is 24.2 Å². The van der Waals surface area contributed by atoms with Gasteiger partial charge >= 0.3 is 0 Å². The third kappa shape index (κ3) is 5.52. The number of benzene rings is 2. The van der Waals surface area contributed by atoms with Crippen molar-refractivity contribution in [2.75, 3.05) is 26.1 Å². The molecule has 0 saturated carbocycles. The second-order valence-electron chi connectivity index (χ2n) is 7.42. The van der Waals surface area contributed by atoms with Gasteiger partial charge in [-0.05, 0) is 61.4 Å². The predicted molar refractivity (Wildman–Crippen MR) is 132 cm³/mol. The minimum Gasteiger partial charge on any atom is -0.493 e. The molecule has 4 rings (SSSR count). The van der Waals surface area contributed by atoms with Crippen molar-refractivity contribution in [2.45, 2.75) is 12.8 Å². The van der Waals surface area contributed by atoms with Crippen molar-refractivity contribution in [1.29, 1.82) is 0 Å². The first-order chi connectivity index (χ1) is 16.1. The van der Waals surface area contributed by atoms with E-state index in [9.17, 15) is 9.59 Å². The Labute approximate surface area is 204 Å². The lowest BCUT2D eigenvalue weighted by atomic mass is 10.0. The molecule has 2 amide bonds. The number of amides is 2. The Balaban J connectivity index is 0.00000324. The van der Waals surface area contributed by atoms with Crippen molar-refractivity contribution in [2.24, 2.45) is 5.10 Å². The molecule has 176 valence electrons. The van der Waals surface area contributed by atoms with Gasteiger partial charge in [-0.25, -0.2) is 5.01 Å². The van der Waals surface area contributed by atoms with Crippen LogP contribution in [0.5, 0.6) is 11.5 Å². The molecule has 2 heterocycles. The predicted octanol–water partition coefficient (Wildman–Crippen LogP) is 4.41. The first-order valence-corrected chi connectivity index (χ1v) is 10.5. The third-order valence-corrected chi connectivity index (χ3v) is 5.29. The molecule has 0 unspecified atom stereocenters. The van der Waals surface area contributed by atoms with Gasteiger partial charge in [0.05, 0.1) is 19.9 Å². The number of hydrogen-bond donors (Lipinski definition) is 1. The highest BCUT2D eigenvalue weighted by molar-refractivity contribution is 6.06. The van der Waals surface area contributed by atoms with E-state index in [4.69, 9.17) is 9.47 Å². The minimum atomic E-state index is -0.270. The lowest BCUT2D eigenvalue weighted by Gasteiger charge is -2.24. The van der Waals surface area contributed by atoms with Gasteiger partial charge in [0.15, 0.2) is 11.5 Å². The normalized spacial score (nSPS) is 12.8. The van der Waals surface area contributed by atoms with Crippen LogP contribution in [0.3, 0.4) is 0 Å². The van der Waals surface area contributed by atoms with Gasteiger partial charge < -0.3 is 14.8 Å². The Hall–Kier alpha value is -3.91. The van der Waals surface area contributed by atoms with Crippen molar-refractivity contribution in [3.8, 4) is 11.5 Å². The van der Waals surface area contributed by atoms with Crippen LogP contribution in [0, 0.1) is 0 Å². The SMILES string of the molecule is COc1ccc(C2=NN(C(=O)c3cccc(NC(=O)c4ccncc4)c3)CCC2)cc1OC.Cl. The number of anilines is 1. The Morgan fingerprint density at radius 1 is 0.941 bits per heavy atom. The molecule has 1 aromatic heterocycles. The lowest BCUT2D eigenvalue weighted by Crippen LogP contribution is -2.32. The summed E-state index contributed by atoms with van der Waals surface area (Å²) in [5.74, 6) is 0.747. The van der Waals surface area contributed by atoms with Gasteiger partial charge in [-0.15, -0.1) is 12.4 Å². The fourth-order valence-electron chi connectivity index (χ4n) is 3.59. The molecule has 0 aliphatic carbocycles. The number of nitrogens with zero attached hydrogens (tertiary/aromatic N) is 3. The molecule has 2 aromatic carbocycles. The molecule has 1 aliphatic rings. The standard InChI is InChI=1S/C25H24N4O4.ClH/c1-32-22-9-8-18(16-23(22)33-2)21-7-4-14-29(28-21)25(31)19-5-3-6-20(15-19)27-24(30)17-10-12-26-13-11-17;/h3,5-6,8-13,15-16H,4,7,14H2,1-2H3,(H,27,30);1H. The Kier molecular flexibility index (Phi) is 8.21. The average Bonchev–Trinajstić information content (AvgIpc) is 2.88. The summed E-state index contributed by atoms with van der Waals surface area (Å²) in [6, 6.07) is 15.7. The largest absolute Gasteiger partial charge is 0.493 e. The quantitative estimate of drug-likeness (QED) is 0.564. The number of nitrogens with one attached hydrogen (secondary N) is 1. The smallest absolute Gasteiger partial charge is 0.274 e. The summed E-state index contributed by atoms with van der Waals surface area (Å²) in [6.45, 7) is 0.517. The summed E-state index contributed by atoms with van der Waals surface area (Å²) < 4.78 is 10.7. The maximum absolute atomic E-state index is 13.2. The minimum absolute atomic E-state index is 0. The topological polar surface area (TPSA) is 93.1 Å². The van der Waals surface area contributed by atoms with Crippen molar-refractivity contribution in [3.05, 3.63) is 83.7 Å². The number of hydrazone groups is 1. The van der Waals surface area contributed by atoms with E-state index in [0.29, 0.717) is 34.9 Å². The lowest BCUT2D eigenvalue weighted by molar-refractivity contribution is 0.0751. The van der Waals surface area contributed by atoms with Crippen LogP contribution < -0.4 is 14.8 Å². The molecule has 3 aromatic rings. The molecule has 1 N–H and O–H groups in total. The summed E-state index contributed by atoms with van der Waals surface area (Å²) in [4.78, 5) is 29.5. The summed E-state index contributed by atoms with van der Waals surface area (Å²) in [6.07, 6.45) is 4.65. The van der Waals surface area contributed by atoms with Crippen molar-refractivity contribution in [1.82, 2.24) is 9.99 Å². The Morgan fingerprint density at radius 3 is 2.44 bits per heavy atom. The van der Waals surface area contributed by atoms with Crippen LogP contribution in [0.1, 0.15) is 39.1 Å². The van der Waals surface area contributed by atoms with Gasteiger partial charge in [0, 0.05) is 41.3 Å². The van der Waals surface area contributed by atoms with Gasteiger partial charge in [0.1, 0.15) is 0 Å². The van der Waals surface area contributed by atoms with Crippen molar-refractivity contribution in [3.63, 3.8) is 0 Å². The van der Waals surface area contributed by atoms with Crippen LogP contribution in [0.4, 0.5) is 5.69 Å². The Bertz CT molecular complexity index is 1200. The number of carbonyl (C=O) groups is 2. The molecule has 34 heavy (non-hydrogen) atoms. The molecule has 0 bridgehead atoms. The zero-order valence-electron chi connectivity index (χ0n) is 18.9. The molecule has 0 radical (unpaired) electrons. The maximum atomic E-state index is 13.2. The molecule has 0 saturated heterocycles. The van der Waals surface area contributed by atoms with E-state index in [1.54, 1.807) is 63.0 Å². The molecular formula is C25H25ClN4O4. The third-order valence-electron chi connectivity index (χ3n) is 5.29. The summed E-state index contributed by atoms with van der Waals surface area (Å²) >= 11 is 0. The van der Waals surface area contributed by atoms with E-state index in [1.807, 2.05) is 18.2 Å².